The number of nitrogens with one attached hydrogen (secondary N) is 1. The van der Waals surface area contributed by atoms with E-state index in [9.17, 15) is 4.79 Å². The number of nitrogens with zero attached hydrogens (tertiary/aromatic N) is 2. The molecule has 1 fully saturated rings. The van der Waals surface area contributed by atoms with Gasteiger partial charge in [-0.1, -0.05) is 0 Å². The van der Waals surface area contributed by atoms with E-state index in [1.165, 1.54) is 0 Å². The van der Waals surface area contributed by atoms with Gasteiger partial charge in [-0.25, -0.2) is 0 Å². The lowest BCUT2D eigenvalue weighted by atomic mass is 9.98. The summed E-state index contributed by atoms with van der Waals surface area (Å²) in [4.78, 5) is 15.8. The highest BCUT2D eigenvalue weighted by Crippen LogP contribution is 2.21. The highest BCUT2D eigenvalue weighted by molar-refractivity contribution is 7.80. The molecule has 0 bridgehead atoms. The number of methoxy groups -OCH3 is 1. The van der Waals surface area contributed by atoms with Gasteiger partial charge in [0, 0.05) is 33.3 Å². The highest BCUT2D eigenvalue weighted by atomic mass is 32.1. The predicted octanol–water partition coefficient (Wildman–Crippen LogP) is 0.448. The van der Waals surface area contributed by atoms with E-state index in [2.05, 4.69) is 5.32 Å². The van der Waals surface area contributed by atoms with Crippen molar-refractivity contribution in [2.75, 3.05) is 33.9 Å². The van der Waals surface area contributed by atoms with Crippen molar-refractivity contribution < 1.29 is 9.53 Å². The smallest absolute Gasteiger partial charge is 0.247 e. The molecule has 104 valence electrons. The topological polar surface area (TPSA) is 44.8 Å². The minimum Gasteiger partial charge on any atom is -0.383 e. The number of carbonyl (C=O) groups is 1. The summed E-state index contributed by atoms with van der Waals surface area (Å²) in [7, 11) is 3.48. The highest BCUT2D eigenvalue weighted by Gasteiger charge is 2.41. The number of ether oxygens (including phenoxy) is 1. The molecule has 5 nitrogen and oxygen atoms in total. The zero-order chi connectivity index (χ0) is 13.9. The van der Waals surface area contributed by atoms with Crippen LogP contribution in [0, 0.1) is 0 Å². The van der Waals surface area contributed by atoms with Gasteiger partial charge in [-0.05, 0) is 33.0 Å². The van der Waals surface area contributed by atoms with E-state index < -0.39 is 5.54 Å². The minimum absolute atomic E-state index is 0.0947. The SMILES string of the molecule is COCC(C)NC(=S)N1CCN(C)C(=O)C1(C)C. The van der Waals surface area contributed by atoms with Crippen LogP contribution in [0.25, 0.3) is 0 Å². The molecule has 1 rings (SSSR count). The first kappa shape index (κ1) is 15.2. The van der Waals surface area contributed by atoms with Gasteiger partial charge in [0.1, 0.15) is 5.54 Å². The van der Waals surface area contributed by atoms with Crippen molar-refractivity contribution >= 4 is 23.2 Å². The van der Waals surface area contributed by atoms with Gasteiger partial charge >= 0.3 is 0 Å². The van der Waals surface area contributed by atoms with Crippen LogP contribution in [0.1, 0.15) is 20.8 Å². The van der Waals surface area contributed by atoms with Crippen LogP contribution in [-0.2, 0) is 9.53 Å². The van der Waals surface area contributed by atoms with E-state index >= 15 is 0 Å². The fourth-order valence-corrected chi connectivity index (χ4v) is 2.67. The van der Waals surface area contributed by atoms with Crippen LogP contribution in [-0.4, -0.2) is 66.3 Å². The average Bonchev–Trinajstić information content (AvgIpc) is 2.26. The molecule has 0 aromatic carbocycles. The van der Waals surface area contributed by atoms with Gasteiger partial charge in [-0.3, -0.25) is 4.79 Å². The van der Waals surface area contributed by atoms with E-state index in [-0.39, 0.29) is 11.9 Å². The zero-order valence-corrected chi connectivity index (χ0v) is 12.6. The number of hydrogen-bond donors (Lipinski definition) is 1. The number of piperazine rings is 1. The third-order valence-corrected chi connectivity index (χ3v) is 3.57. The van der Waals surface area contributed by atoms with E-state index in [1.807, 2.05) is 32.7 Å². The molecule has 0 spiro atoms. The summed E-state index contributed by atoms with van der Waals surface area (Å²) in [6.07, 6.45) is 0. The normalized spacial score (nSPS) is 20.8. The maximum Gasteiger partial charge on any atom is 0.247 e. The van der Waals surface area contributed by atoms with E-state index in [1.54, 1.807) is 12.0 Å². The number of hydrogen-bond acceptors (Lipinski definition) is 3. The molecule has 1 unspecified atom stereocenters. The zero-order valence-electron chi connectivity index (χ0n) is 11.8. The minimum atomic E-state index is -0.593. The van der Waals surface area contributed by atoms with Crippen LogP contribution in [0.4, 0.5) is 0 Å². The van der Waals surface area contributed by atoms with Gasteiger partial charge in [0.25, 0.3) is 0 Å². The molecule has 6 heteroatoms. The summed E-state index contributed by atoms with van der Waals surface area (Å²) in [5, 5.41) is 3.82. The maximum absolute atomic E-state index is 12.1. The number of thiocarbonyl (C=S) groups is 1. The first-order valence-electron chi connectivity index (χ1n) is 6.13. The summed E-state index contributed by atoms with van der Waals surface area (Å²) < 4.78 is 5.07. The van der Waals surface area contributed by atoms with Crippen LogP contribution in [0.3, 0.4) is 0 Å². The first-order chi connectivity index (χ1) is 8.30. The fourth-order valence-electron chi connectivity index (χ4n) is 2.15. The second-order valence-electron chi connectivity index (χ2n) is 5.24. The van der Waals surface area contributed by atoms with Gasteiger partial charge in [-0.2, -0.15) is 0 Å². The quantitative estimate of drug-likeness (QED) is 0.756. The number of carbonyl (C=O) groups excluding carboxylic acids is 1. The van der Waals surface area contributed by atoms with Crippen molar-refractivity contribution in [3.8, 4) is 0 Å². The molecule has 0 radical (unpaired) electrons. The molecule has 1 saturated heterocycles. The largest absolute Gasteiger partial charge is 0.383 e. The second kappa shape index (κ2) is 5.84. The van der Waals surface area contributed by atoms with Gasteiger partial charge in [-0.15, -0.1) is 0 Å². The number of rotatable bonds is 3. The van der Waals surface area contributed by atoms with Crippen LogP contribution in [0.15, 0.2) is 0 Å². The molecule has 0 saturated carbocycles. The Bertz CT molecular complexity index is 333. The van der Waals surface area contributed by atoms with E-state index in [0.29, 0.717) is 18.3 Å². The molecule has 1 heterocycles. The summed E-state index contributed by atoms with van der Waals surface area (Å²) in [5.41, 5.74) is -0.593. The average molecular weight is 273 g/mol. The lowest BCUT2D eigenvalue weighted by Gasteiger charge is -2.46. The molecular weight excluding hydrogens is 250 g/mol. The molecule has 0 aliphatic carbocycles. The summed E-state index contributed by atoms with van der Waals surface area (Å²) >= 11 is 5.39. The standard InChI is InChI=1S/C12H23N3O2S/c1-9(8-17-5)13-11(18)15-7-6-14(4)10(16)12(15,2)3/h9H,6-8H2,1-5H3,(H,13,18). The molecule has 1 aliphatic rings. The lowest BCUT2D eigenvalue weighted by molar-refractivity contribution is -0.143. The third kappa shape index (κ3) is 3.11. The summed E-state index contributed by atoms with van der Waals surface area (Å²) in [6.45, 7) is 7.84. The molecule has 1 N–H and O–H groups in total. The Labute approximate surface area is 114 Å². The van der Waals surface area contributed by atoms with Crippen LogP contribution < -0.4 is 5.32 Å². The van der Waals surface area contributed by atoms with Gasteiger partial charge in [0.2, 0.25) is 5.91 Å². The van der Waals surface area contributed by atoms with Crippen molar-refractivity contribution in [1.82, 2.24) is 15.1 Å². The maximum atomic E-state index is 12.1. The fraction of sp³-hybridized carbons (Fsp3) is 0.833. The Kier molecular flexibility index (Phi) is 4.92. The Morgan fingerprint density at radius 2 is 2.17 bits per heavy atom. The Hall–Kier alpha value is -0.880. The van der Waals surface area contributed by atoms with Crippen molar-refractivity contribution in [3.05, 3.63) is 0 Å². The Balaban J connectivity index is 2.71. The monoisotopic (exact) mass is 273 g/mol. The van der Waals surface area contributed by atoms with Crippen LogP contribution in [0.2, 0.25) is 0 Å². The first-order valence-corrected chi connectivity index (χ1v) is 6.54. The molecule has 1 amide bonds. The van der Waals surface area contributed by atoms with Gasteiger partial charge < -0.3 is 19.9 Å². The molecule has 0 aromatic heterocycles. The van der Waals surface area contributed by atoms with Gasteiger partial charge in [0.05, 0.1) is 6.61 Å². The predicted molar refractivity (Wildman–Crippen MR) is 75.5 cm³/mol. The van der Waals surface area contributed by atoms with Gasteiger partial charge in [0.15, 0.2) is 5.11 Å². The summed E-state index contributed by atoms with van der Waals surface area (Å²) in [5.74, 6) is 0.0947. The molecule has 0 aromatic rings. The van der Waals surface area contributed by atoms with Crippen molar-refractivity contribution in [2.24, 2.45) is 0 Å². The van der Waals surface area contributed by atoms with Crippen molar-refractivity contribution in [3.63, 3.8) is 0 Å². The van der Waals surface area contributed by atoms with Crippen LogP contribution >= 0.6 is 12.2 Å². The molecule has 1 aliphatic heterocycles. The Morgan fingerprint density at radius 3 is 2.72 bits per heavy atom. The third-order valence-electron chi connectivity index (χ3n) is 3.24. The van der Waals surface area contributed by atoms with E-state index in [4.69, 9.17) is 17.0 Å². The van der Waals surface area contributed by atoms with Crippen molar-refractivity contribution in [2.45, 2.75) is 32.4 Å². The number of likely N-dealkylation sites (N-methyl/N-ethyl adjacent to an activating group) is 1. The molecule has 1 atom stereocenters. The van der Waals surface area contributed by atoms with Crippen LogP contribution in [0.5, 0.6) is 0 Å². The molecule has 18 heavy (non-hydrogen) atoms. The Morgan fingerprint density at radius 1 is 1.56 bits per heavy atom. The number of amides is 1. The molecular formula is C12H23N3O2S. The lowest BCUT2D eigenvalue weighted by Crippen LogP contribution is -2.65. The summed E-state index contributed by atoms with van der Waals surface area (Å²) in [6, 6.07) is 0.132. The second-order valence-corrected chi connectivity index (χ2v) is 5.63. The van der Waals surface area contributed by atoms with Crippen molar-refractivity contribution in [1.29, 1.82) is 0 Å². The van der Waals surface area contributed by atoms with E-state index in [0.717, 1.165) is 6.54 Å².